The van der Waals surface area contributed by atoms with Crippen LogP contribution in [-0.2, 0) is 4.79 Å². The maximum atomic E-state index is 11.6. The first-order valence-corrected chi connectivity index (χ1v) is 3.45. The van der Waals surface area contributed by atoms with Gasteiger partial charge in [-0.2, -0.15) is 0 Å². The molecule has 0 unspecified atom stereocenters. The Labute approximate surface area is 68.0 Å². The van der Waals surface area contributed by atoms with Gasteiger partial charge >= 0.3 is 0 Å². The molecule has 4 N–H and O–H groups in total. The van der Waals surface area contributed by atoms with Crippen LogP contribution in [0.4, 0.5) is 8.78 Å². The SMILES string of the molecule is [NH3+][C@H](CC[C@@H](O)C(F)F)C(=O)[O-]. The van der Waals surface area contributed by atoms with Crippen molar-refractivity contribution < 1.29 is 29.5 Å². The Morgan fingerprint density at radius 1 is 1.50 bits per heavy atom. The van der Waals surface area contributed by atoms with Crippen LogP contribution in [0, 0.1) is 0 Å². The average Bonchev–Trinajstić information content (AvgIpc) is 1.98. The Morgan fingerprint density at radius 2 is 2.00 bits per heavy atom. The van der Waals surface area contributed by atoms with Gasteiger partial charge in [-0.05, 0) is 6.42 Å². The van der Waals surface area contributed by atoms with Crippen LogP contribution in [-0.4, -0.2) is 29.6 Å². The third-order valence-corrected chi connectivity index (χ3v) is 1.44. The van der Waals surface area contributed by atoms with Gasteiger partial charge in [0.2, 0.25) is 0 Å². The first-order chi connectivity index (χ1) is 5.45. The Bertz CT molecular complexity index is 154. The van der Waals surface area contributed by atoms with Crippen LogP contribution in [0.15, 0.2) is 0 Å². The summed E-state index contributed by atoms with van der Waals surface area (Å²) in [7, 11) is 0. The third-order valence-electron chi connectivity index (χ3n) is 1.44. The number of halogens is 2. The Hall–Kier alpha value is -0.750. The van der Waals surface area contributed by atoms with E-state index in [1.165, 1.54) is 0 Å². The number of hydrogen-bond donors (Lipinski definition) is 2. The lowest BCUT2D eigenvalue weighted by atomic mass is 10.1. The highest BCUT2D eigenvalue weighted by atomic mass is 19.3. The van der Waals surface area contributed by atoms with Crippen LogP contribution in [0.2, 0.25) is 0 Å². The lowest BCUT2D eigenvalue weighted by molar-refractivity contribution is -0.439. The fourth-order valence-electron chi connectivity index (χ4n) is 0.616. The molecule has 0 aromatic heterocycles. The molecule has 12 heavy (non-hydrogen) atoms. The van der Waals surface area contributed by atoms with E-state index in [-0.39, 0.29) is 12.8 Å². The van der Waals surface area contributed by atoms with Crippen LogP contribution in [0.3, 0.4) is 0 Å². The normalized spacial score (nSPS) is 16.1. The fraction of sp³-hybridized carbons (Fsp3) is 0.833. The first-order valence-electron chi connectivity index (χ1n) is 3.45. The highest BCUT2D eigenvalue weighted by Gasteiger charge is 2.18. The van der Waals surface area contributed by atoms with Gasteiger partial charge in [0.05, 0.1) is 5.97 Å². The highest BCUT2D eigenvalue weighted by molar-refractivity contribution is 5.68. The molecule has 0 aliphatic rings. The van der Waals surface area contributed by atoms with E-state index in [1.54, 1.807) is 0 Å². The van der Waals surface area contributed by atoms with E-state index >= 15 is 0 Å². The molecule has 4 nitrogen and oxygen atoms in total. The zero-order chi connectivity index (χ0) is 9.72. The average molecular weight is 183 g/mol. The molecule has 0 radical (unpaired) electrons. The number of quaternary nitrogens is 1. The predicted octanol–water partition coefficient (Wildman–Crippen LogP) is -2.25. The van der Waals surface area contributed by atoms with E-state index in [9.17, 15) is 18.7 Å². The van der Waals surface area contributed by atoms with Crippen LogP contribution in [0.5, 0.6) is 0 Å². The van der Waals surface area contributed by atoms with Crippen LogP contribution >= 0.6 is 0 Å². The van der Waals surface area contributed by atoms with Gasteiger partial charge in [0.25, 0.3) is 6.43 Å². The van der Waals surface area contributed by atoms with E-state index in [4.69, 9.17) is 5.11 Å². The van der Waals surface area contributed by atoms with Crippen LogP contribution in [0.1, 0.15) is 12.8 Å². The standard InChI is InChI=1S/C6H11F2NO3/c7-5(8)4(10)2-1-3(9)6(11)12/h3-5,10H,1-2,9H2,(H,11,12)/t3-,4-/m1/s1. The lowest BCUT2D eigenvalue weighted by Gasteiger charge is -2.12. The monoisotopic (exact) mass is 183 g/mol. The van der Waals surface area contributed by atoms with Crippen molar-refractivity contribution in [3.63, 3.8) is 0 Å². The molecule has 0 spiro atoms. The smallest absolute Gasteiger partial charge is 0.264 e. The zero-order valence-corrected chi connectivity index (χ0v) is 6.37. The summed E-state index contributed by atoms with van der Waals surface area (Å²) in [5, 5.41) is 18.6. The largest absolute Gasteiger partial charge is 0.544 e. The van der Waals surface area contributed by atoms with Gasteiger partial charge in [-0.15, -0.1) is 0 Å². The number of carboxylic acids is 1. The number of aliphatic hydroxyl groups is 1. The van der Waals surface area contributed by atoms with Crippen molar-refractivity contribution in [2.24, 2.45) is 0 Å². The summed E-state index contributed by atoms with van der Waals surface area (Å²) in [4.78, 5) is 10.0. The van der Waals surface area contributed by atoms with Crippen molar-refractivity contribution in [1.29, 1.82) is 0 Å². The summed E-state index contributed by atoms with van der Waals surface area (Å²) in [6.07, 6.45) is -4.99. The molecule has 0 aromatic carbocycles. The number of aliphatic hydroxyl groups excluding tert-OH is 1. The summed E-state index contributed by atoms with van der Waals surface area (Å²) >= 11 is 0. The number of rotatable bonds is 5. The predicted molar refractivity (Wildman–Crippen MR) is 32.9 cm³/mol. The second-order valence-electron chi connectivity index (χ2n) is 2.50. The molecule has 0 saturated carbocycles. The van der Waals surface area contributed by atoms with Crippen molar-refractivity contribution in [3.8, 4) is 0 Å². The van der Waals surface area contributed by atoms with Crippen LogP contribution < -0.4 is 10.8 Å². The first kappa shape index (κ1) is 11.2. The fourth-order valence-corrected chi connectivity index (χ4v) is 0.616. The van der Waals surface area contributed by atoms with Gasteiger partial charge in [-0.3, -0.25) is 0 Å². The van der Waals surface area contributed by atoms with Gasteiger partial charge in [-0.1, -0.05) is 0 Å². The molecule has 0 aromatic rings. The highest BCUT2D eigenvalue weighted by Crippen LogP contribution is 2.07. The molecule has 0 heterocycles. The van der Waals surface area contributed by atoms with E-state index < -0.39 is 24.5 Å². The van der Waals surface area contributed by atoms with Gasteiger partial charge in [0.1, 0.15) is 12.1 Å². The van der Waals surface area contributed by atoms with Crippen molar-refractivity contribution in [2.75, 3.05) is 0 Å². The minimum absolute atomic E-state index is 0.103. The van der Waals surface area contributed by atoms with Crippen LogP contribution in [0.25, 0.3) is 0 Å². The molecule has 0 rings (SSSR count). The topological polar surface area (TPSA) is 88.0 Å². The molecule has 0 fully saturated rings. The minimum Gasteiger partial charge on any atom is -0.544 e. The molecule has 0 aliphatic heterocycles. The third kappa shape index (κ3) is 4.20. The van der Waals surface area contributed by atoms with Crippen molar-refractivity contribution in [3.05, 3.63) is 0 Å². The van der Waals surface area contributed by atoms with Gasteiger partial charge in [0.15, 0.2) is 0 Å². The van der Waals surface area contributed by atoms with Gasteiger partial charge in [0, 0.05) is 6.42 Å². The number of hydrogen-bond acceptors (Lipinski definition) is 3. The molecule has 72 valence electrons. The molecule has 0 bridgehead atoms. The van der Waals surface area contributed by atoms with Crippen molar-refractivity contribution >= 4 is 5.97 Å². The van der Waals surface area contributed by atoms with Gasteiger partial charge in [-0.25, -0.2) is 8.78 Å². The molecule has 0 amide bonds. The molecule has 0 aliphatic carbocycles. The number of carbonyl (C=O) groups excluding carboxylic acids is 1. The maximum absolute atomic E-state index is 11.6. The summed E-state index contributed by atoms with van der Waals surface area (Å²) in [5.41, 5.74) is 3.15. The Balaban J connectivity index is 3.61. The molecule has 0 saturated heterocycles. The van der Waals surface area contributed by atoms with E-state index in [0.29, 0.717) is 0 Å². The summed E-state index contributed by atoms with van der Waals surface area (Å²) < 4.78 is 23.3. The molecular weight excluding hydrogens is 172 g/mol. The number of carbonyl (C=O) groups is 1. The summed E-state index contributed by atoms with van der Waals surface area (Å²) in [5.74, 6) is -1.39. The molecule has 6 heteroatoms. The molecular formula is C6H11F2NO3. The summed E-state index contributed by atoms with van der Waals surface area (Å²) in [6, 6.07) is -1.04. The minimum atomic E-state index is -2.83. The quantitative estimate of drug-likeness (QED) is 0.504. The number of aliphatic carboxylic acids is 1. The van der Waals surface area contributed by atoms with Gasteiger partial charge < -0.3 is 20.7 Å². The second-order valence-corrected chi connectivity index (χ2v) is 2.50. The lowest BCUT2D eigenvalue weighted by Crippen LogP contribution is -2.68. The Morgan fingerprint density at radius 3 is 2.33 bits per heavy atom. The Kier molecular flexibility index (Phi) is 4.68. The van der Waals surface area contributed by atoms with E-state index in [2.05, 4.69) is 5.73 Å². The number of alkyl halides is 2. The van der Waals surface area contributed by atoms with Crippen molar-refractivity contribution in [1.82, 2.24) is 0 Å². The molecule has 2 atom stereocenters. The van der Waals surface area contributed by atoms with E-state index in [0.717, 1.165) is 0 Å². The number of carboxylic acid groups (broad SMARTS) is 1. The van der Waals surface area contributed by atoms with E-state index in [1.807, 2.05) is 0 Å². The second kappa shape index (κ2) is 5.00. The summed E-state index contributed by atoms with van der Waals surface area (Å²) in [6.45, 7) is 0. The van der Waals surface area contributed by atoms with Crippen molar-refractivity contribution in [2.45, 2.75) is 31.4 Å². The maximum Gasteiger partial charge on any atom is 0.264 e. The zero-order valence-electron chi connectivity index (χ0n) is 6.37.